The third-order valence-corrected chi connectivity index (χ3v) is 2.76. The van der Waals surface area contributed by atoms with Gasteiger partial charge in [0, 0.05) is 6.54 Å². The maximum Gasteiger partial charge on any atom is 0.137 e. The minimum Gasteiger partial charge on any atom is -0.468 e. The van der Waals surface area contributed by atoms with E-state index < -0.39 is 0 Å². The van der Waals surface area contributed by atoms with Gasteiger partial charge in [0.05, 0.1) is 18.8 Å². The molecule has 16 heavy (non-hydrogen) atoms. The van der Waals surface area contributed by atoms with Crippen molar-refractivity contribution in [1.29, 1.82) is 0 Å². The topological polar surface area (TPSA) is 47.1 Å². The van der Waals surface area contributed by atoms with E-state index in [0.717, 1.165) is 18.8 Å². The molecule has 86 valence electrons. The fraction of sp³-hybridized carbons (Fsp3) is 0.455. The van der Waals surface area contributed by atoms with E-state index >= 15 is 0 Å². The second-order valence-electron chi connectivity index (χ2n) is 3.83. The first kappa shape index (κ1) is 10.9. The van der Waals surface area contributed by atoms with Crippen molar-refractivity contribution in [2.75, 3.05) is 13.6 Å². The molecule has 0 saturated carbocycles. The summed E-state index contributed by atoms with van der Waals surface area (Å²) in [6, 6.07) is 4.19. The summed E-state index contributed by atoms with van der Waals surface area (Å²) in [5, 5.41) is 4.07. The van der Waals surface area contributed by atoms with Crippen LogP contribution in [0.4, 0.5) is 0 Å². The lowest BCUT2D eigenvalue weighted by molar-refractivity contribution is 0.220. The van der Waals surface area contributed by atoms with Gasteiger partial charge in [-0.3, -0.25) is 9.58 Å². The molecule has 0 aliphatic rings. The summed E-state index contributed by atoms with van der Waals surface area (Å²) in [5.41, 5.74) is 0. The van der Waals surface area contributed by atoms with Gasteiger partial charge >= 0.3 is 0 Å². The van der Waals surface area contributed by atoms with Crippen molar-refractivity contribution in [1.82, 2.24) is 19.7 Å². The Kier molecular flexibility index (Phi) is 3.36. The van der Waals surface area contributed by atoms with Crippen LogP contribution in [0, 0.1) is 0 Å². The number of rotatable bonds is 5. The molecule has 5 heteroatoms. The number of nitrogens with zero attached hydrogens (tertiary/aromatic N) is 4. The average Bonchev–Trinajstić information content (AvgIpc) is 2.96. The zero-order chi connectivity index (χ0) is 11.4. The van der Waals surface area contributed by atoms with Gasteiger partial charge in [0.15, 0.2) is 0 Å². The number of hydrogen-bond acceptors (Lipinski definition) is 4. The molecule has 2 aromatic rings. The Morgan fingerprint density at radius 2 is 2.44 bits per heavy atom. The van der Waals surface area contributed by atoms with Crippen molar-refractivity contribution in [2.45, 2.75) is 19.5 Å². The van der Waals surface area contributed by atoms with E-state index in [1.807, 2.05) is 16.8 Å². The fourth-order valence-corrected chi connectivity index (χ4v) is 1.55. The van der Waals surface area contributed by atoms with Crippen LogP contribution in [0.15, 0.2) is 35.5 Å². The Bertz CT molecular complexity index is 396. The van der Waals surface area contributed by atoms with Crippen LogP contribution in [-0.2, 0) is 6.54 Å². The molecule has 2 aromatic heterocycles. The van der Waals surface area contributed by atoms with Gasteiger partial charge in [-0.25, -0.2) is 4.98 Å². The highest BCUT2D eigenvalue weighted by Crippen LogP contribution is 2.18. The highest BCUT2D eigenvalue weighted by Gasteiger charge is 2.13. The largest absolute Gasteiger partial charge is 0.468 e. The lowest BCUT2D eigenvalue weighted by Crippen LogP contribution is -2.26. The Balaban J connectivity index is 1.86. The Labute approximate surface area is 94.7 Å². The number of furan rings is 1. The van der Waals surface area contributed by atoms with Crippen molar-refractivity contribution in [2.24, 2.45) is 0 Å². The molecule has 2 heterocycles. The van der Waals surface area contributed by atoms with Crippen LogP contribution in [0.1, 0.15) is 18.7 Å². The highest BCUT2D eigenvalue weighted by atomic mass is 16.3. The summed E-state index contributed by atoms with van der Waals surface area (Å²) in [4.78, 5) is 6.13. The first-order valence-corrected chi connectivity index (χ1v) is 5.33. The van der Waals surface area contributed by atoms with E-state index in [2.05, 4.69) is 29.0 Å². The summed E-state index contributed by atoms with van der Waals surface area (Å²) in [6.45, 7) is 3.87. The third kappa shape index (κ3) is 2.49. The molecule has 0 amide bonds. The van der Waals surface area contributed by atoms with Crippen molar-refractivity contribution < 1.29 is 4.42 Å². The standard InChI is InChI=1S/C11H16N4O/c1-10(11-4-3-7-16-11)14(2)5-6-15-9-12-8-13-15/h3-4,7-10H,5-6H2,1-2H3. The van der Waals surface area contributed by atoms with Gasteiger partial charge in [0.25, 0.3) is 0 Å². The molecule has 0 N–H and O–H groups in total. The van der Waals surface area contributed by atoms with Gasteiger partial charge in [-0.2, -0.15) is 5.10 Å². The number of hydrogen-bond donors (Lipinski definition) is 0. The zero-order valence-electron chi connectivity index (χ0n) is 9.58. The van der Waals surface area contributed by atoms with Crippen LogP contribution in [0.2, 0.25) is 0 Å². The summed E-state index contributed by atoms with van der Waals surface area (Å²) in [7, 11) is 2.07. The molecule has 0 aliphatic heterocycles. The van der Waals surface area contributed by atoms with Crippen LogP contribution in [0.25, 0.3) is 0 Å². The zero-order valence-corrected chi connectivity index (χ0v) is 9.58. The molecule has 0 bridgehead atoms. The SMILES string of the molecule is CC(c1ccco1)N(C)CCn1cncn1. The molecular formula is C11H16N4O. The molecule has 2 rings (SSSR count). The second-order valence-corrected chi connectivity index (χ2v) is 3.83. The van der Waals surface area contributed by atoms with Gasteiger partial charge < -0.3 is 4.42 Å². The maximum atomic E-state index is 5.38. The van der Waals surface area contributed by atoms with Crippen molar-refractivity contribution in [3.05, 3.63) is 36.8 Å². The van der Waals surface area contributed by atoms with Crippen molar-refractivity contribution in [3.8, 4) is 0 Å². The number of aromatic nitrogens is 3. The highest BCUT2D eigenvalue weighted by molar-refractivity contribution is 5.03. The minimum atomic E-state index is 0.276. The predicted octanol–water partition coefficient (Wildman–Crippen LogP) is 1.56. The smallest absolute Gasteiger partial charge is 0.137 e. The average molecular weight is 220 g/mol. The van der Waals surface area contributed by atoms with Crippen molar-refractivity contribution in [3.63, 3.8) is 0 Å². The minimum absolute atomic E-state index is 0.276. The normalized spacial score (nSPS) is 13.2. The molecular weight excluding hydrogens is 204 g/mol. The molecule has 0 fully saturated rings. The van der Waals surface area contributed by atoms with Crippen LogP contribution < -0.4 is 0 Å². The van der Waals surface area contributed by atoms with Gasteiger partial charge in [-0.1, -0.05) is 0 Å². The van der Waals surface area contributed by atoms with E-state index in [0.29, 0.717) is 0 Å². The summed E-state index contributed by atoms with van der Waals surface area (Å²) >= 11 is 0. The Morgan fingerprint density at radius 1 is 1.56 bits per heavy atom. The predicted molar refractivity (Wildman–Crippen MR) is 59.8 cm³/mol. The summed E-state index contributed by atoms with van der Waals surface area (Å²) in [5.74, 6) is 0.987. The molecule has 0 spiro atoms. The Hall–Kier alpha value is -1.62. The van der Waals surface area contributed by atoms with Crippen LogP contribution in [0.3, 0.4) is 0 Å². The van der Waals surface area contributed by atoms with Gasteiger partial charge in [-0.05, 0) is 26.1 Å². The number of likely N-dealkylation sites (N-methyl/N-ethyl adjacent to an activating group) is 1. The maximum absolute atomic E-state index is 5.38. The molecule has 0 radical (unpaired) electrons. The van der Waals surface area contributed by atoms with E-state index in [-0.39, 0.29) is 6.04 Å². The summed E-state index contributed by atoms with van der Waals surface area (Å²) in [6.07, 6.45) is 4.98. The van der Waals surface area contributed by atoms with E-state index in [1.54, 1.807) is 18.9 Å². The van der Waals surface area contributed by atoms with Crippen LogP contribution >= 0.6 is 0 Å². The van der Waals surface area contributed by atoms with Crippen molar-refractivity contribution >= 4 is 0 Å². The summed E-state index contributed by atoms with van der Waals surface area (Å²) < 4.78 is 7.20. The van der Waals surface area contributed by atoms with Crippen LogP contribution in [-0.4, -0.2) is 33.3 Å². The van der Waals surface area contributed by atoms with E-state index in [1.165, 1.54) is 0 Å². The first-order valence-electron chi connectivity index (χ1n) is 5.33. The molecule has 0 aliphatic carbocycles. The quantitative estimate of drug-likeness (QED) is 0.767. The molecule has 0 saturated heterocycles. The molecule has 5 nitrogen and oxygen atoms in total. The van der Waals surface area contributed by atoms with E-state index in [4.69, 9.17) is 4.42 Å². The van der Waals surface area contributed by atoms with Gasteiger partial charge in [0.1, 0.15) is 18.4 Å². The molecule has 1 unspecified atom stereocenters. The second kappa shape index (κ2) is 4.94. The lowest BCUT2D eigenvalue weighted by Gasteiger charge is -2.22. The first-order chi connectivity index (χ1) is 7.77. The monoisotopic (exact) mass is 220 g/mol. The van der Waals surface area contributed by atoms with Gasteiger partial charge in [-0.15, -0.1) is 0 Å². The molecule has 0 aromatic carbocycles. The van der Waals surface area contributed by atoms with Gasteiger partial charge in [0.2, 0.25) is 0 Å². The fourth-order valence-electron chi connectivity index (χ4n) is 1.55. The Morgan fingerprint density at radius 3 is 3.06 bits per heavy atom. The lowest BCUT2D eigenvalue weighted by atomic mass is 10.2. The van der Waals surface area contributed by atoms with Crippen LogP contribution in [0.5, 0.6) is 0 Å². The molecule has 1 atom stereocenters. The third-order valence-electron chi connectivity index (χ3n) is 2.76. The van der Waals surface area contributed by atoms with E-state index in [9.17, 15) is 0 Å².